The molecule has 0 bridgehead atoms. The minimum absolute atomic E-state index is 0.306. The van der Waals surface area contributed by atoms with E-state index in [4.69, 9.17) is 0 Å². The van der Waals surface area contributed by atoms with Crippen molar-refractivity contribution in [3.63, 3.8) is 0 Å². The summed E-state index contributed by atoms with van der Waals surface area (Å²) in [7, 11) is 0. The molecule has 1 N–H and O–H groups in total. The maximum atomic E-state index is 11.5. The molecule has 0 unspecified atom stereocenters. The van der Waals surface area contributed by atoms with Gasteiger partial charge in [0.1, 0.15) is 0 Å². The number of piperidine rings is 1. The van der Waals surface area contributed by atoms with Gasteiger partial charge in [-0.2, -0.15) is 11.8 Å². The van der Waals surface area contributed by atoms with Crippen LogP contribution in [0.4, 0.5) is 0 Å². The third-order valence-electron chi connectivity index (χ3n) is 3.11. The Kier molecular flexibility index (Phi) is 6.88. The van der Waals surface area contributed by atoms with Crippen LogP contribution in [0.3, 0.4) is 0 Å². The van der Waals surface area contributed by atoms with Gasteiger partial charge < -0.3 is 10.2 Å². The van der Waals surface area contributed by atoms with Gasteiger partial charge in [0, 0.05) is 25.6 Å². The lowest BCUT2D eigenvalue weighted by Crippen LogP contribution is -2.45. The molecule has 0 aromatic heterocycles. The third kappa shape index (κ3) is 4.74. The van der Waals surface area contributed by atoms with Gasteiger partial charge in [-0.3, -0.25) is 4.79 Å². The summed E-state index contributed by atoms with van der Waals surface area (Å²) in [6.07, 6.45) is 6.27. The van der Waals surface area contributed by atoms with Crippen LogP contribution in [0.2, 0.25) is 0 Å². The maximum absolute atomic E-state index is 11.5. The topological polar surface area (TPSA) is 32.3 Å². The Morgan fingerprint density at radius 3 is 2.69 bits per heavy atom. The molecule has 4 heteroatoms. The second-order valence-corrected chi connectivity index (χ2v) is 5.29. The number of amides is 1. The van der Waals surface area contributed by atoms with Gasteiger partial charge in [0.05, 0.1) is 0 Å². The molecule has 0 spiro atoms. The van der Waals surface area contributed by atoms with Crippen LogP contribution in [-0.2, 0) is 4.79 Å². The van der Waals surface area contributed by atoms with Crippen molar-refractivity contribution in [1.82, 2.24) is 10.2 Å². The van der Waals surface area contributed by atoms with Crippen LogP contribution >= 0.6 is 11.8 Å². The zero-order valence-corrected chi connectivity index (χ0v) is 11.3. The van der Waals surface area contributed by atoms with E-state index in [1.807, 2.05) is 23.6 Å². The Hall–Kier alpha value is -0.220. The Morgan fingerprint density at radius 2 is 2.12 bits per heavy atom. The summed E-state index contributed by atoms with van der Waals surface area (Å²) < 4.78 is 0. The lowest BCUT2D eigenvalue weighted by molar-refractivity contribution is -0.131. The molecule has 1 saturated heterocycles. The van der Waals surface area contributed by atoms with Crippen LogP contribution in [0.15, 0.2) is 0 Å². The Morgan fingerprint density at radius 1 is 1.44 bits per heavy atom. The molecule has 16 heavy (non-hydrogen) atoms. The molecule has 1 aliphatic heterocycles. The fourth-order valence-corrected chi connectivity index (χ4v) is 2.51. The highest BCUT2D eigenvalue weighted by molar-refractivity contribution is 7.98. The average molecular weight is 244 g/mol. The average Bonchev–Trinajstić information content (AvgIpc) is 2.34. The molecular formula is C12H24N2OS. The van der Waals surface area contributed by atoms with Crippen LogP contribution in [0.1, 0.15) is 32.6 Å². The van der Waals surface area contributed by atoms with Crippen molar-refractivity contribution in [2.75, 3.05) is 31.6 Å². The van der Waals surface area contributed by atoms with E-state index in [2.05, 4.69) is 11.6 Å². The van der Waals surface area contributed by atoms with Crippen LogP contribution in [0, 0.1) is 0 Å². The van der Waals surface area contributed by atoms with Crippen molar-refractivity contribution in [3.8, 4) is 0 Å². The Labute approximate surface area is 103 Å². The molecule has 0 radical (unpaired) electrons. The highest BCUT2D eigenvalue weighted by atomic mass is 32.2. The molecule has 1 fully saturated rings. The number of rotatable bonds is 6. The second kappa shape index (κ2) is 7.96. The zero-order valence-electron chi connectivity index (χ0n) is 10.5. The highest BCUT2D eigenvalue weighted by Gasteiger charge is 2.20. The molecule has 0 aromatic rings. The SMILES string of the molecule is CCC(=O)N1CCC(NCCCSC)CC1. The van der Waals surface area contributed by atoms with E-state index in [0.29, 0.717) is 18.4 Å². The van der Waals surface area contributed by atoms with Gasteiger partial charge in [0.25, 0.3) is 0 Å². The van der Waals surface area contributed by atoms with E-state index in [1.165, 1.54) is 12.2 Å². The van der Waals surface area contributed by atoms with Crippen molar-refractivity contribution >= 4 is 17.7 Å². The minimum Gasteiger partial charge on any atom is -0.343 e. The summed E-state index contributed by atoms with van der Waals surface area (Å²) >= 11 is 1.90. The fourth-order valence-electron chi connectivity index (χ4n) is 2.08. The van der Waals surface area contributed by atoms with E-state index in [1.54, 1.807) is 0 Å². The number of nitrogens with one attached hydrogen (secondary N) is 1. The Balaban J connectivity index is 2.10. The van der Waals surface area contributed by atoms with Gasteiger partial charge in [-0.15, -0.1) is 0 Å². The summed E-state index contributed by atoms with van der Waals surface area (Å²) in [5.74, 6) is 1.54. The van der Waals surface area contributed by atoms with E-state index in [0.717, 1.165) is 32.5 Å². The van der Waals surface area contributed by atoms with Crippen molar-refractivity contribution in [1.29, 1.82) is 0 Å². The molecule has 3 nitrogen and oxygen atoms in total. The minimum atomic E-state index is 0.306. The summed E-state index contributed by atoms with van der Waals surface area (Å²) in [6, 6.07) is 0.628. The molecule has 1 amide bonds. The van der Waals surface area contributed by atoms with Crippen molar-refractivity contribution in [3.05, 3.63) is 0 Å². The van der Waals surface area contributed by atoms with Crippen molar-refractivity contribution in [2.45, 2.75) is 38.6 Å². The van der Waals surface area contributed by atoms with Crippen molar-refractivity contribution < 1.29 is 4.79 Å². The van der Waals surface area contributed by atoms with E-state index >= 15 is 0 Å². The number of carbonyl (C=O) groups excluding carboxylic acids is 1. The van der Waals surface area contributed by atoms with Crippen LogP contribution < -0.4 is 5.32 Å². The van der Waals surface area contributed by atoms with Crippen LogP contribution in [0.5, 0.6) is 0 Å². The highest BCUT2D eigenvalue weighted by Crippen LogP contribution is 2.11. The third-order valence-corrected chi connectivity index (χ3v) is 3.81. The molecule has 0 saturated carbocycles. The quantitative estimate of drug-likeness (QED) is 0.722. The summed E-state index contributed by atoms with van der Waals surface area (Å²) in [4.78, 5) is 13.5. The van der Waals surface area contributed by atoms with E-state index in [-0.39, 0.29) is 0 Å². The predicted molar refractivity (Wildman–Crippen MR) is 70.9 cm³/mol. The molecule has 1 aliphatic rings. The number of likely N-dealkylation sites (tertiary alicyclic amines) is 1. The van der Waals surface area contributed by atoms with Gasteiger partial charge in [-0.1, -0.05) is 6.92 Å². The van der Waals surface area contributed by atoms with Gasteiger partial charge in [0.2, 0.25) is 5.91 Å². The van der Waals surface area contributed by atoms with E-state index in [9.17, 15) is 4.79 Å². The number of hydrogen-bond acceptors (Lipinski definition) is 3. The van der Waals surface area contributed by atoms with Crippen molar-refractivity contribution in [2.24, 2.45) is 0 Å². The molecule has 94 valence electrons. The summed E-state index contributed by atoms with van der Waals surface area (Å²) in [5, 5.41) is 3.58. The Bertz CT molecular complexity index is 203. The maximum Gasteiger partial charge on any atom is 0.222 e. The first-order chi connectivity index (χ1) is 7.77. The molecule has 0 aliphatic carbocycles. The van der Waals surface area contributed by atoms with Gasteiger partial charge in [-0.25, -0.2) is 0 Å². The first-order valence-corrected chi connectivity index (χ1v) is 7.67. The standard InChI is InChI=1S/C12H24N2OS/c1-3-12(15)14-8-5-11(6-9-14)13-7-4-10-16-2/h11,13H,3-10H2,1-2H3. The number of carbonyl (C=O) groups is 1. The van der Waals surface area contributed by atoms with Crippen LogP contribution in [0.25, 0.3) is 0 Å². The van der Waals surface area contributed by atoms with Crippen LogP contribution in [-0.4, -0.2) is 48.5 Å². The summed E-state index contributed by atoms with van der Waals surface area (Å²) in [5.41, 5.74) is 0. The summed E-state index contributed by atoms with van der Waals surface area (Å²) in [6.45, 7) is 4.93. The molecule has 0 aromatic carbocycles. The first-order valence-electron chi connectivity index (χ1n) is 6.28. The van der Waals surface area contributed by atoms with Gasteiger partial charge in [-0.05, 0) is 37.8 Å². The molecule has 1 heterocycles. The number of hydrogen-bond donors (Lipinski definition) is 1. The number of nitrogens with zero attached hydrogens (tertiary/aromatic N) is 1. The largest absolute Gasteiger partial charge is 0.343 e. The van der Waals surface area contributed by atoms with Gasteiger partial charge in [0.15, 0.2) is 0 Å². The molecular weight excluding hydrogens is 220 g/mol. The predicted octanol–water partition coefficient (Wildman–Crippen LogP) is 1.73. The first kappa shape index (κ1) is 13.8. The monoisotopic (exact) mass is 244 g/mol. The van der Waals surface area contributed by atoms with Gasteiger partial charge >= 0.3 is 0 Å². The molecule has 1 rings (SSSR count). The smallest absolute Gasteiger partial charge is 0.222 e. The fraction of sp³-hybridized carbons (Fsp3) is 0.917. The number of thioether (sulfide) groups is 1. The zero-order chi connectivity index (χ0) is 11.8. The second-order valence-electron chi connectivity index (χ2n) is 4.31. The normalized spacial score (nSPS) is 17.8. The lowest BCUT2D eigenvalue weighted by Gasteiger charge is -2.32. The lowest BCUT2D eigenvalue weighted by atomic mass is 10.0. The molecule has 0 atom stereocenters. The van der Waals surface area contributed by atoms with E-state index < -0.39 is 0 Å².